The summed E-state index contributed by atoms with van der Waals surface area (Å²) in [6, 6.07) is 0. The van der Waals surface area contributed by atoms with Crippen LogP contribution in [0.2, 0.25) is 0 Å². The molecule has 1 N–H and O–H groups in total. The fourth-order valence-corrected chi connectivity index (χ4v) is 0.112. The highest BCUT2D eigenvalue weighted by Crippen LogP contribution is 2.16. The average molecular weight is 139 g/mol. The first-order chi connectivity index (χ1) is 3.12. The van der Waals surface area contributed by atoms with Gasteiger partial charge in [-0.3, -0.25) is 0 Å². The number of hydrogen-bond donors (Lipinski definition) is 1. The summed E-state index contributed by atoms with van der Waals surface area (Å²) in [4.78, 5) is 0. The van der Waals surface area contributed by atoms with Crippen LogP contribution < -0.4 is 0 Å². The smallest absolute Gasteiger partial charge is 0.0482 e. The molecule has 0 aromatic heterocycles. The van der Waals surface area contributed by atoms with Crippen LogP contribution in [0.4, 0.5) is 0 Å². The Morgan fingerprint density at radius 2 is 1.75 bits per heavy atom. The molecule has 0 aliphatic carbocycles. The Morgan fingerprint density at radius 1 is 1.38 bits per heavy atom. The Bertz CT molecular complexity index is 46.5. The van der Waals surface area contributed by atoms with Crippen molar-refractivity contribution >= 4 is 12.4 Å². The zero-order chi connectivity index (χ0) is 5.91. The second-order valence-corrected chi connectivity index (χ2v) is 2.68. The molecule has 0 fully saturated rings. The SMILES string of the molecule is CCC(C)(C)CO.Cl. The second-order valence-electron chi connectivity index (χ2n) is 2.68. The van der Waals surface area contributed by atoms with E-state index >= 15 is 0 Å². The van der Waals surface area contributed by atoms with Gasteiger partial charge in [0.1, 0.15) is 0 Å². The standard InChI is InChI=1S/C6H14O.ClH/c1-4-6(2,3)5-7;/h7H,4-5H2,1-3H3;1H. The normalized spacial score (nSPS) is 10.5. The molecule has 0 rings (SSSR count). The molecule has 0 aliphatic heterocycles. The lowest BCUT2D eigenvalue weighted by Crippen LogP contribution is -2.14. The lowest BCUT2D eigenvalue weighted by Gasteiger charge is -2.17. The molecule has 0 unspecified atom stereocenters. The van der Waals surface area contributed by atoms with Gasteiger partial charge in [-0.1, -0.05) is 20.8 Å². The molecule has 8 heavy (non-hydrogen) atoms. The molecule has 0 aromatic carbocycles. The zero-order valence-electron chi connectivity index (χ0n) is 5.77. The van der Waals surface area contributed by atoms with Crippen LogP contribution >= 0.6 is 12.4 Å². The molecule has 0 amide bonds. The Morgan fingerprint density at radius 3 is 1.75 bits per heavy atom. The van der Waals surface area contributed by atoms with Crippen LogP contribution in [0.25, 0.3) is 0 Å². The minimum atomic E-state index is 0. The summed E-state index contributed by atoms with van der Waals surface area (Å²) in [6.07, 6.45) is 1.05. The predicted octanol–water partition coefficient (Wildman–Crippen LogP) is 1.84. The van der Waals surface area contributed by atoms with E-state index in [9.17, 15) is 0 Å². The van der Waals surface area contributed by atoms with Crippen molar-refractivity contribution in [1.29, 1.82) is 0 Å². The van der Waals surface area contributed by atoms with Crippen molar-refractivity contribution in [3.63, 3.8) is 0 Å². The maximum Gasteiger partial charge on any atom is 0.0482 e. The van der Waals surface area contributed by atoms with Gasteiger partial charge in [0, 0.05) is 6.61 Å². The van der Waals surface area contributed by atoms with Crippen molar-refractivity contribution < 1.29 is 5.11 Å². The Kier molecular flexibility index (Phi) is 5.77. The van der Waals surface area contributed by atoms with Crippen LogP contribution in [0.1, 0.15) is 27.2 Å². The van der Waals surface area contributed by atoms with Crippen LogP contribution in [0, 0.1) is 5.41 Å². The van der Waals surface area contributed by atoms with E-state index in [1.165, 1.54) is 0 Å². The van der Waals surface area contributed by atoms with Gasteiger partial charge >= 0.3 is 0 Å². The number of rotatable bonds is 2. The molecule has 2 heteroatoms. The fourth-order valence-electron chi connectivity index (χ4n) is 0.112. The minimum Gasteiger partial charge on any atom is -0.396 e. The summed E-state index contributed by atoms with van der Waals surface area (Å²) in [5.41, 5.74) is 0.139. The van der Waals surface area contributed by atoms with E-state index in [4.69, 9.17) is 5.11 Å². The van der Waals surface area contributed by atoms with Crippen LogP contribution in [0.15, 0.2) is 0 Å². The van der Waals surface area contributed by atoms with Gasteiger partial charge in [0.2, 0.25) is 0 Å². The van der Waals surface area contributed by atoms with E-state index in [2.05, 4.69) is 6.92 Å². The maximum absolute atomic E-state index is 8.59. The van der Waals surface area contributed by atoms with Crippen molar-refractivity contribution in [3.05, 3.63) is 0 Å². The first kappa shape index (κ1) is 11.1. The molecule has 0 bridgehead atoms. The number of aliphatic hydroxyl groups is 1. The van der Waals surface area contributed by atoms with E-state index in [0.29, 0.717) is 6.61 Å². The third kappa shape index (κ3) is 4.41. The summed E-state index contributed by atoms with van der Waals surface area (Å²) in [5, 5.41) is 8.59. The first-order valence-corrected chi connectivity index (χ1v) is 2.73. The van der Waals surface area contributed by atoms with E-state index in [1.54, 1.807) is 0 Å². The summed E-state index contributed by atoms with van der Waals surface area (Å²) in [5.74, 6) is 0. The van der Waals surface area contributed by atoms with Crippen molar-refractivity contribution in [2.75, 3.05) is 6.61 Å². The lowest BCUT2D eigenvalue weighted by molar-refractivity contribution is 0.155. The molecule has 0 aliphatic rings. The second kappa shape index (κ2) is 4.16. The molecular weight excluding hydrogens is 124 g/mol. The third-order valence-corrected chi connectivity index (χ3v) is 1.39. The quantitative estimate of drug-likeness (QED) is 0.618. The fraction of sp³-hybridized carbons (Fsp3) is 1.00. The number of hydrogen-bond acceptors (Lipinski definition) is 1. The molecule has 0 saturated heterocycles. The van der Waals surface area contributed by atoms with Gasteiger partial charge in [0.25, 0.3) is 0 Å². The minimum absolute atomic E-state index is 0. The van der Waals surface area contributed by atoms with Gasteiger partial charge in [0.05, 0.1) is 0 Å². The largest absolute Gasteiger partial charge is 0.396 e. The molecule has 52 valence electrons. The molecule has 0 aromatic rings. The van der Waals surface area contributed by atoms with Gasteiger partial charge in [-0.25, -0.2) is 0 Å². The van der Waals surface area contributed by atoms with E-state index < -0.39 is 0 Å². The monoisotopic (exact) mass is 138 g/mol. The summed E-state index contributed by atoms with van der Waals surface area (Å²) < 4.78 is 0. The predicted molar refractivity (Wildman–Crippen MR) is 38.4 cm³/mol. The third-order valence-electron chi connectivity index (χ3n) is 1.39. The van der Waals surface area contributed by atoms with Crippen LogP contribution in [-0.4, -0.2) is 11.7 Å². The highest BCUT2D eigenvalue weighted by molar-refractivity contribution is 5.85. The molecule has 0 atom stereocenters. The topological polar surface area (TPSA) is 20.2 Å². The molecule has 0 spiro atoms. The lowest BCUT2D eigenvalue weighted by atomic mass is 9.92. The highest BCUT2D eigenvalue weighted by Gasteiger charge is 2.11. The van der Waals surface area contributed by atoms with E-state index in [1.807, 2.05) is 13.8 Å². The average Bonchev–Trinajstić information content (AvgIpc) is 1.68. The van der Waals surface area contributed by atoms with Crippen molar-refractivity contribution in [3.8, 4) is 0 Å². The molecule has 0 heterocycles. The summed E-state index contributed by atoms with van der Waals surface area (Å²) >= 11 is 0. The Labute approximate surface area is 57.5 Å². The summed E-state index contributed by atoms with van der Waals surface area (Å²) in [7, 11) is 0. The van der Waals surface area contributed by atoms with Gasteiger partial charge in [-0.15, -0.1) is 12.4 Å². The maximum atomic E-state index is 8.59. The summed E-state index contributed by atoms with van der Waals surface area (Å²) in [6.45, 7) is 6.47. The molecular formula is C6H15ClO. The van der Waals surface area contributed by atoms with Crippen LogP contribution in [0.3, 0.4) is 0 Å². The number of aliphatic hydroxyl groups excluding tert-OH is 1. The molecule has 1 nitrogen and oxygen atoms in total. The van der Waals surface area contributed by atoms with Gasteiger partial charge in [-0.2, -0.15) is 0 Å². The van der Waals surface area contributed by atoms with Crippen LogP contribution in [-0.2, 0) is 0 Å². The molecule has 0 radical (unpaired) electrons. The molecule has 0 saturated carbocycles. The first-order valence-electron chi connectivity index (χ1n) is 2.73. The van der Waals surface area contributed by atoms with Gasteiger partial charge in [-0.05, 0) is 11.8 Å². The van der Waals surface area contributed by atoms with Crippen LogP contribution in [0.5, 0.6) is 0 Å². The Balaban J connectivity index is 0. The van der Waals surface area contributed by atoms with Crippen molar-refractivity contribution in [2.24, 2.45) is 5.41 Å². The van der Waals surface area contributed by atoms with E-state index in [0.717, 1.165) is 6.42 Å². The van der Waals surface area contributed by atoms with Crippen molar-refractivity contribution in [2.45, 2.75) is 27.2 Å². The zero-order valence-corrected chi connectivity index (χ0v) is 6.59. The van der Waals surface area contributed by atoms with Crippen molar-refractivity contribution in [1.82, 2.24) is 0 Å². The Hall–Kier alpha value is 0.250. The van der Waals surface area contributed by atoms with Gasteiger partial charge in [0.15, 0.2) is 0 Å². The number of halogens is 1. The van der Waals surface area contributed by atoms with Gasteiger partial charge < -0.3 is 5.11 Å². The highest BCUT2D eigenvalue weighted by atomic mass is 35.5. The van der Waals surface area contributed by atoms with E-state index in [-0.39, 0.29) is 17.8 Å².